The summed E-state index contributed by atoms with van der Waals surface area (Å²) in [7, 11) is 1.68. The van der Waals surface area contributed by atoms with Crippen LogP contribution in [0.25, 0.3) is 0 Å². The third-order valence-corrected chi connectivity index (χ3v) is 3.39. The van der Waals surface area contributed by atoms with Crippen LogP contribution in [0.4, 0.5) is 5.69 Å². The van der Waals surface area contributed by atoms with Crippen molar-refractivity contribution in [2.45, 2.75) is 32.4 Å². The van der Waals surface area contributed by atoms with Gasteiger partial charge in [-0.15, -0.1) is 0 Å². The monoisotopic (exact) mass is 248 g/mol. The highest BCUT2D eigenvalue weighted by Crippen LogP contribution is 2.18. The second kappa shape index (κ2) is 5.50. The maximum Gasteiger partial charge on any atom is 0.241 e. The van der Waals surface area contributed by atoms with E-state index in [-0.39, 0.29) is 18.1 Å². The van der Waals surface area contributed by atoms with Crippen molar-refractivity contribution in [3.8, 4) is 0 Å². The highest BCUT2D eigenvalue weighted by Gasteiger charge is 2.29. The van der Waals surface area contributed by atoms with Crippen LogP contribution in [-0.4, -0.2) is 31.7 Å². The number of aryl methyl sites for hydroxylation is 2. The molecule has 0 aromatic heterocycles. The third kappa shape index (κ3) is 2.89. The van der Waals surface area contributed by atoms with Crippen molar-refractivity contribution in [2.75, 3.05) is 19.0 Å². The molecule has 1 heterocycles. The van der Waals surface area contributed by atoms with Crippen LogP contribution < -0.4 is 10.6 Å². The molecule has 0 aliphatic carbocycles. The standard InChI is InChI=1S/C14H20N2O2/c1-9-4-5-10(2)12(6-9)16-14(17)13-7-11(18-3)8-15-13/h4-6,11,13,15H,7-8H2,1-3H3,(H,16,17). The topological polar surface area (TPSA) is 50.4 Å². The third-order valence-electron chi connectivity index (χ3n) is 3.39. The number of benzene rings is 1. The SMILES string of the molecule is COC1CNC(C(=O)Nc2cc(C)ccc2C)C1. The predicted molar refractivity (Wildman–Crippen MR) is 71.8 cm³/mol. The van der Waals surface area contributed by atoms with Crippen LogP contribution in [0.1, 0.15) is 17.5 Å². The molecule has 4 nitrogen and oxygen atoms in total. The fourth-order valence-electron chi connectivity index (χ4n) is 2.17. The largest absolute Gasteiger partial charge is 0.380 e. The Bertz CT molecular complexity index is 445. The molecule has 1 aromatic carbocycles. The Hall–Kier alpha value is -1.39. The number of hydrogen-bond acceptors (Lipinski definition) is 3. The fraction of sp³-hybridized carbons (Fsp3) is 0.500. The summed E-state index contributed by atoms with van der Waals surface area (Å²) >= 11 is 0. The molecule has 0 bridgehead atoms. The lowest BCUT2D eigenvalue weighted by Gasteiger charge is -2.13. The Morgan fingerprint density at radius 2 is 2.22 bits per heavy atom. The first-order valence-corrected chi connectivity index (χ1v) is 6.24. The number of amides is 1. The number of methoxy groups -OCH3 is 1. The summed E-state index contributed by atoms with van der Waals surface area (Å²) in [5, 5.41) is 6.16. The number of hydrogen-bond donors (Lipinski definition) is 2. The molecule has 98 valence electrons. The van der Waals surface area contributed by atoms with Gasteiger partial charge in [-0.3, -0.25) is 4.79 Å². The summed E-state index contributed by atoms with van der Waals surface area (Å²) in [6.45, 7) is 4.75. The minimum Gasteiger partial charge on any atom is -0.380 e. The molecule has 0 saturated carbocycles. The van der Waals surface area contributed by atoms with Crippen LogP contribution >= 0.6 is 0 Å². The number of carbonyl (C=O) groups excluding carboxylic acids is 1. The van der Waals surface area contributed by atoms with Crippen molar-refractivity contribution < 1.29 is 9.53 Å². The van der Waals surface area contributed by atoms with E-state index >= 15 is 0 Å². The minimum atomic E-state index is -0.158. The Kier molecular flexibility index (Phi) is 3.99. The smallest absolute Gasteiger partial charge is 0.241 e. The van der Waals surface area contributed by atoms with Gasteiger partial charge in [0.05, 0.1) is 12.1 Å². The van der Waals surface area contributed by atoms with Gasteiger partial charge in [0, 0.05) is 19.3 Å². The van der Waals surface area contributed by atoms with E-state index in [1.807, 2.05) is 32.0 Å². The van der Waals surface area contributed by atoms with Gasteiger partial charge in [-0.05, 0) is 37.5 Å². The van der Waals surface area contributed by atoms with Crippen molar-refractivity contribution in [3.63, 3.8) is 0 Å². The molecule has 0 radical (unpaired) electrons. The van der Waals surface area contributed by atoms with Crippen LogP contribution in [0.2, 0.25) is 0 Å². The summed E-state index contributed by atoms with van der Waals surface area (Å²) in [5.74, 6) is 0.0169. The first-order valence-electron chi connectivity index (χ1n) is 6.24. The molecule has 1 saturated heterocycles. The average Bonchev–Trinajstić information content (AvgIpc) is 2.82. The maximum absolute atomic E-state index is 12.1. The normalized spacial score (nSPS) is 23.1. The Balaban J connectivity index is 2.01. The molecule has 0 spiro atoms. The zero-order valence-corrected chi connectivity index (χ0v) is 11.1. The van der Waals surface area contributed by atoms with Crippen LogP contribution in [0, 0.1) is 13.8 Å². The summed E-state index contributed by atoms with van der Waals surface area (Å²) < 4.78 is 5.24. The van der Waals surface area contributed by atoms with Gasteiger partial charge >= 0.3 is 0 Å². The molecule has 1 amide bonds. The number of ether oxygens (including phenoxy) is 1. The van der Waals surface area contributed by atoms with E-state index in [1.165, 1.54) is 0 Å². The molecule has 2 N–H and O–H groups in total. The highest BCUT2D eigenvalue weighted by molar-refractivity contribution is 5.95. The lowest BCUT2D eigenvalue weighted by atomic mass is 10.1. The second-order valence-electron chi connectivity index (χ2n) is 4.86. The van der Waals surface area contributed by atoms with Gasteiger partial charge in [-0.25, -0.2) is 0 Å². The van der Waals surface area contributed by atoms with Gasteiger partial charge in [0.2, 0.25) is 5.91 Å². The van der Waals surface area contributed by atoms with E-state index in [9.17, 15) is 4.79 Å². The Labute approximate surface area is 108 Å². The summed E-state index contributed by atoms with van der Waals surface area (Å²) in [5.41, 5.74) is 3.11. The van der Waals surface area contributed by atoms with E-state index in [0.717, 1.165) is 29.8 Å². The molecule has 18 heavy (non-hydrogen) atoms. The van der Waals surface area contributed by atoms with E-state index in [1.54, 1.807) is 7.11 Å². The number of nitrogens with one attached hydrogen (secondary N) is 2. The number of rotatable bonds is 3. The molecule has 2 rings (SSSR count). The molecule has 1 aliphatic heterocycles. The van der Waals surface area contributed by atoms with E-state index in [4.69, 9.17) is 4.74 Å². The fourth-order valence-corrected chi connectivity index (χ4v) is 2.17. The Morgan fingerprint density at radius 1 is 1.44 bits per heavy atom. The van der Waals surface area contributed by atoms with E-state index in [0.29, 0.717) is 0 Å². The zero-order chi connectivity index (χ0) is 13.1. The van der Waals surface area contributed by atoms with E-state index in [2.05, 4.69) is 10.6 Å². The average molecular weight is 248 g/mol. The number of carbonyl (C=O) groups is 1. The van der Waals surface area contributed by atoms with Crippen LogP contribution in [0.3, 0.4) is 0 Å². The molecule has 2 unspecified atom stereocenters. The van der Waals surface area contributed by atoms with Gasteiger partial charge in [-0.2, -0.15) is 0 Å². The van der Waals surface area contributed by atoms with Gasteiger partial charge in [0.1, 0.15) is 0 Å². The van der Waals surface area contributed by atoms with Gasteiger partial charge in [-0.1, -0.05) is 12.1 Å². The van der Waals surface area contributed by atoms with Crippen LogP contribution in [0.15, 0.2) is 18.2 Å². The van der Waals surface area contributed by atoms with Gasteiger partial charge in [0.15, 0.2) is 0 Å². The van der Waals surface area contributed by atoms with E-state index < -0.39 is 0 Å². The first kappa shape index (κ1) is 13.1. The molecular weight excluding hydrogens is 228 g/mol. The van der Waals surface area contributed by atoms with Crippen molar-refractivity contribution in [2.24, 2.45) is 0 Å². The summed E-state index contributed by atoms with van der Waals surface area (Å²) in [4.78, 5) is 12.1. The maximum atomic E-state index is 12.1. The summed E-state index contributed by atoms with van der Waals surface area (Å²) in [6, 6.07) is 5.90. The highest BCUT2D eigenvalue weighted by atomic mass is 16.5. The van der Waals surface area contributed by atoms with Gasteiger partial charge < -0.3 is 15.4 Å². The molecule has 1 aliphatic rings. The van der Waals surface area contributed by atoms with Crippen molar-refractivity contribution in [1.82, 2.24) is 5.32 Å². The van der Waals surface area contributed by atoms with Crippen LogP contribution in [0.5, 0.6) is 0 Å². The molecule has 4 heteroatoms. The quantitative estimate of drug-likeness (QED) is 0.854. The zero-order valence-electron chi connectivity index (χ0n) is 11.1. The molecular formula is C14H20N2O2. The summed E-state index contributed by atoms with van der Waals surface area (Å²) in [6.07, 6.45) is 0.868. The minimum absolute atomic E-state index is 0.0169. The lowest BCUT2D eigenvalue weighted by molar-refractivity contribution is -0.118. The first-order chi connectivity index (χ1) is 8.60. The number of anilines is 1. The van der Waals surface area contributed by atoms with Crippen molar-refractivity contribution >= 4 is 11.6 Å². The molecule has 1 aromatic rings. The predicted octanol–water partition coefficient (Wildman–Crippen LogP) is 1.62. The molecule has 1 fully saturated rings. The van der Waals surface area contributed by atoms with Gasteiger partial charge in [0.25, 0.3) is 0 Å². The Morgan fingerprint density at radius 3 is 2.89 bits per heavy atom. The second-order valence-corrected chi connectivity index (χ2v) is 4.86. The van der Waals surface area contributed by atoms with Crippen LogP contribution in [-0.2, 0) is 9.53 Å². The van der Waals surface area contributed by atoms with Crippen molar-refractivity contribution in [1.29, 1.82) is 0 Å². The lowest BCUT2D eigenvalue weighted by Crippen LogP contribution is -2.35. The van der Waals surface area contributed by atoms with Crippen molar-refractivity contribution in [3.05, 3.63) is 29.3 Å². The molecule has 2 atom stereocenters.